The van der Waals surface area contributed by atoms with Crippen molar-refractivity contribution in [1.29, 1.82) is 0 Å². The number of aromatic nitrogens is 4. The molecule has 2 fully saturated rings. The smallest absolute Gasteiger partial charge is 0.132 e. The molecule has 2 aliphatic heterocycles. The third kappa shape index (κ3) is 3.54. The molecule has 0 bridgehead atoms. The molecule has 4 heterocycles. The Labute approximate surface area is 149 Å². The van der Waals surface area contributed by atoms with Crippen molar-refractivity contribution in [2.24, 2.45) is 11.8 Å². The van der Waals surface area contributed by atoms with Gasteiger partial charge in [0.05, 0.1) is 12.7 Å². The van der Waals surface area contributed by atoms with E-state index < -0.39 is 0 Å². The standard InChI is InChI=1S/C19H28N6/c1-14(2)18-6-19(21-13-20-18)24-11-16-9-23(10-17(16)12-24)4-5-25-8-15(3)7-22-25/h6-8,13-14,16-17H,4-5,9-12H2,1-3H3. The summed E-state index contributed by atoms with van der Waals surface area (Å²) in [5, 5.41) is 4.39. The number of fused-ring (bicyclic) bond motifs is 1. The van der Waals surface area contributed by atoms with E-state index in [-0.39, 0.29) is 0 Å². The van der Waals surface area contributed by atoms with E-state index in [0.717, 1.165) is 49.5 Å². The van der Waals surface area contributed by atoms with E-state index in [1.807, 2.05) is 6.20 Å². The highest BCUT2D eigenvalue weighted by molar-refractivity contribution is 5.41. The van der Waals surface area contributed by atoms with Gasteiger partial charge in [0.1, 0.15) is 12.1 Å². The summed E-state index contributed by atoms with van der Waals surface area (Å²) in [5.74, 6) is 3.07. The minimum atomic E-state index is 0.449. The van der Waals surface area contributed by atoms with Crippen molar-refractivity contribution in [2.45, 2.75) is 33.2 Å². The van der Waals surface area contributed by atoms with Gasteiger partial charge < -0.3 is 9.80 Å². The molecule has 2 atom stereocenters. The fourth-order valence-corrected chi connectivity index (χ4v) is 4.14. The van der Waals surface area contributed by atoms with Crippen LogP contribution in [-0.4, -0.2) is 57.4 Å². The molecule has 0 amide bonds. The second-order valence-corrected chi connectivity index (χ2v) is 7.92. The van der Waals surface area contributed by atoms with Gasteiger partial charge in [0.15, 0.2) is 0 Å². The molecule has 0 aromatic carbocycles. The first-order valence-electron chi connectivity index (χ1n) is 9.37. The molecule has 4 rings (SSSR count). The second kappa shape index (κ2) is 6.75. The van der Waals surface area contributed by atoms with E-state index in [9.17, 15) is 0 Å². The molecule has 25 heavy (non-hydrogen) atoms. The minimum Gasteiger partial charge on any atom is -0.356 e. The lowest BCUT2D eigenvalue weighted by Gasteiger charge is -2.22. The van der Waals surface area contributed by atoms with E-state index in [4.69, 9.17) is 0 Å². The summed E-state index contributed by atoms with van der Waals surface area (Å²) >= 11 is 0. The molecule has 2 saturated heterocycles. The van der Waals surface area contributed by atoms with Crippen LogP contribution in [0.2, 0.25) is 0 Å². The zero-order valence-electron chi connectivity index (χ0n) is 15.5. The lowest BCUT2D eigenvalue weighted by atomic mass is 10.0. The topological polar surface area (TPSA) is 50.1 Å². The normalized spacial score (nSPS) is 23.6. The summed E-state index contributed by atoms with van der Waals surface area (Å²) in [5.41, 5.74) is 2.37. The Kier molecular flexibility index (Phi) is 4.46. The molecular formula is C19H28N6. The van der Waals surface area contributed by atoms with Gasteiger partial charge in [-0.3, -0.25) is 4.68 Å². The minimum absolute atomic E-state index is 0.449. The Hall–Kier alpha value is -1.95. The summed E-state index contributed by atoms with van der Waals surface area (Å²) in [4.78, 5) is 14.0. The zero-order valence-corrected chi connectivity index (χ0v) is 15.5. The highest BCUT2D eigenvalue weighted by Gasteiger charge is 2.40. The maximum atomic E-state index is 4.52. The summed E-state index contributed by atoms with van der Waals surface area (Å²) in [6.45, 7) is 13.2. The summed E-state index contributed by atoms with van der Waals surface area (Å²) < 4.78 is 2.06. The van der Waals surface area contributed by atoms with E-state index >= 15 is 0 Å². The third-order valence-electron chi connectivity index (χ3n) is 5.56. The van der Waals surface area contributed by atoms with Crippen molar-refractivity contribution in [2.75, 3.05) is 37.6 Å². The molecule has 2 aliphatic rings. The maximum absolute atomic E-state index is 4.52. The van der Waals surface area contributed by atoms with Crippen LogP contribution in [0.1, 0.15) is 31.0 Å². The van der Waals surface area contributed by atoms with Gasteiger partial charge in [0.25, 0.3) is 0 Å². The fraction of sp³-hybridized carbons (Fsp3) is 0.632. The molecule has 2 aromatic heterocycles. The Bertz CT molecular complexity index is 710. The van der Waals surface area contributed by atoms with Crippen molar-refractivity contribution in [3.63, 3.8) is 0 Å². The van der Waals surface area contributed by atoms with Crippen LogP contribution in [0.4, 0.5) is 5.82 Å². The lowest BCUT2D eigenvalue weighted by molar-refractivity contribution is 0.296. The number of hydrogen-bond acceptors (Lipinski definition) is 5. The lowest BCUT2D eigenvalue weighted by Crippen LogP contribution is -2.31. The number of anilines is 1. The number of nitrogens with zero attached hydrogens (tertiary/aromatic N) is 6. The van der Waals surface area contributed by atoms with Crippen LogP contribution in [-0.2, 0) is 6.54 Å². The van der Waals surface area contributed by atoms with Crippen molar-refractivity contribution in [1.82, 2.24) is 24.6 Å². The van der Waals surface area contributed by atoms with Gasteiger partial charge in [-0.1, -0.05) is 13.8 Å². The van der Waals surface area contributed by atoms with Crippen molar-refractivity contribution in [3.05, 3.63) is 36.0 Å². The van der Waals surface area contributed by atoms with Gasteiger partial charge >= 0.3 is 0 Å². The molecule has 0 saturated carbocycles. The SMILES string of the molecule is Cc1cnn(CCN2CC3CN(c4cc(C(C)C)ncn4)CC3C2)c1. The average molecular weight is 340 g/mol. The van der Waals surface area contributed by atoms with E-state index in [1.54, 1.807) is 6.33 Å². The number of hydrogen-bond donors (Lipinski definition) is 0. The monoisotopic (exact) mass is 340 g/mol. The molecule has 0 aliphatic carbocycles. The largest absolute Gasteiger partial charge is 0.356 e. The average Bonchev–Trinajstić information content (AvgIpc) is 3.27. The number of aryl methyl sites for hydroxylation is 1. The van der Waals surface area contributed by atoms with Gasteiger partial charge in [-0.15, -0.1) is 0 Å². The molecule has 0 N–H and O–H groups in total. The van der Waals surface area contributed by atoms with Crippen molar-refractivity contribution < 1.29 is 0 Å². The molecule has 6 nitrogen and oxygen atoms in total. The second-order valence-electron chi connectivity index (χ2n) is 7.92. The van der Waals surface area contributed by atoms with Gasteiger partial charge in [0.2, 0.25) is 0 Å². The Morgan fingerprint density at radius 3 is 2.48 bits per heavy atom. The summed E-state index contributed by atoms with van der Waals surface area (Å²) in [6, 6.07) is 2.17. The molecule has 2 unspecified atom stereocenters. The van der Waals surface area contributed by atoms with Crippen LogP contribution < -0.4 is 4.90 Å². The van der Waals surface area contributed by atoms with Gasteiger partial charge in [0, 0.05) is 50.7 Å². The third-order valence-corrected chi connectivity index (χ3v) is 5.56. The van der Waals surface area contributed by atoms with Crippen LogP contribution in [0.15, 0.2) is 24.8 Å². The van der Waals surface area contributed by atoms with E-state index in [2.05, 4.69) is 62.6 Å². The van der Waals surface area contributed by atoms with E-state index in [1.165, 1.54) is 18.7 Å². The zero-order chi connectivity index (χ0) is 17.4. The Morgan fingerprint density at radius 2 is 1.84 bits per heavy atom. The van der Waals surface area contributed by atoms with Crippen LogP contribution >= 0.6 is 0 Å². The van der Waals surface area contributed by atoms with Crippen LogP contribution in [0.3, 0.4) is 0 Å². The quantitative estimate of drug-likeness (QED) is 0.835. The fourth-order valence-electron chi connectivity index (χ4n) is 4.14. The van der Waals surface area contributed by atoms with E-state index in [0.29, 0.717) is 5.92 Å². The molecule has 0 spiro atoms. The molecule has 6 heteroatoms. The highest BCUT2D eigenvalue weighted by atomic mass is 15.3. The first-order chi connectivity index (χ1) is 12.1. The predicted molar refractivity (Wildman–Crippen MR) is 98.7 cm³/mol. The number of likely N-dealkylation sites (tertiary alicyclic amines) is 1. The molecule has 134 valence electrons. The van der Waals surface area contributed by atoms with Crippen LogP contribution in [0, 0.1) is 18.8 Å². The van der Waals surface area contributed by atoms with Gasteiger partial charge in [-0.2, -0.15) is 5.10 Å². The summed E-state index contributed by atoms with van der Waals surface area (Å²) in [7, 11) is 0. The first-order valence-corrected chi connectivity index (χ1v) is 9.37. The Morgan fingerprint density at radius 1 is 1.08 bits per heavy atom. The van der Waals surface area contributed by atoms with Crippen molar-refractivity contribution >= 4 is 5.82 Å². The number of rotatable bonds is 5. The van der Waals surface area contributed by atoms with Crippen LogP contribution in [0.25, 0.3) is 0 Å². The van der Waals surface area contributed by atoms with Crippen molar-refractivity contribution in [3.8, 4) is 0 Å². The molecular weight excluding hydrogens is 312 g/mol. The summed E-state index contributed by atoms with van der Waals surface area (Å²) in [6.07, 6.45) is 5.78. The molecule has 0 radical (unpaired) electrons. The highest BCUT2D eigenvalue weighted by Crippen LogP contribution is 2.33. The van der Waals surface area contributed by atoms with Gasteiger partial charge in [-0.05, 0) is 30.2 Å². The Balaban J connectivity index is 1.32. The maximum Gasteiger partial charge on any atom is 0.132 e. The predicted octanol–water partition coefficient (Wildman–Crippen LogP) is 2.17. The van der Waals surface area contributed by atoms with Crippen LogP contribution in [0.5, 0.6) is 0 Å². The van der Waals surface area contributed by atoms with Gasteiger partial charge in [-0.25, -0.2) is 9.97 Å². The molecule has 2 aromatic rings. The first kappa shape index (κ1) is 16.5.